The van der Waals surface area contributed by atoms with Crippen molar-refractivity contribution in [1.29, 1.82) is 0 Å². The Morgan fingerprint density at radius 2 is 1.27 bits per heavy atom. The van der Waals surface area contributed by atoms with E-state index in [0.29, 0.717) is 0 Å². The highest BCUT2D eigenvalue weighted by molar-refractivity contribution is 6.07. The number of fused-ring (bicyclic) bond motifs is 1. The van der Waals surface area contributed by atoms with Gasteiger partial charge in [0.15, 0.2) is 0 Å². The van der Waals surface area contributed by atoms with Crippen LogP contribution in [0.2, 0.25) is 0 Å². The summed E-state index contributed by atoms with van der Waals surface area (Å²) < 4.78 is 0. The molecule has 2 aliphatic rings. The topological polar surface area (TPSA) is 15.8 Å². The van der Waals surface area contributed by atoms with Gasteiger partial charge in [0.05, 0.1) is 0 Å². The molecule has 15 heavy (non-hydrogen) atoms. The maximum absolute atomic E-state index is 3.23. The van der Waals surface area contributed by atoms with Crippen LogP contribution in [0.1, 0.15) is 11.1 Å². The molecule has 0 saturated heterocycles. The summed E-state index contributed by atoms with van der Waals surface area (Å²) in [5, 5.41) is 5.75. The lowest BCUT2D eigenvalue weighted by Crippen LogP contribution is -2.03. The van der Waals surface area contributed by atoms with Crippen molar-refractivity contribution in [3.8, 4) is 0 Å². The first-order chi connectivity index (χ1) is 7.45. The molecule has 3 aromatic rings. The van der Waals surface area contributed by atoms with E-state index in [-0.39, 0.29) is 0 Å². The van der Waals surface area contributed by atoms with Crippen molar-refractivity contribution < 1.29 is 0 Å². The van der Waals surface area contributed by atoms with E-state index in [4.69, 9.17) is 0 Å². The van der Waals surface area contributed by atoms with E-state index in [9.17, 15) is 0 Å². The fraction of sp³-hybridized carbons (Fsp3) is 0.143. The molecule has 0 spiro atoms. The first-order valence-corrected chi connectivity index (χ1v) is 5.44. The minimum atomic E-state index is 1.21. The summed E-state index contributed by atoms with van der Waals surface area (Å²) in [6.07, 6.45) is 6.69. The van der Waals surface area contributed by atoms with E-state index >= 15 is 0 Å². The second kappa shape index (κ2) is 2.43. The van der Waals surface area contributed by atoms with Crippen molar-refractivity contribution in [2.45, 2.75) is 12.8 Å². The van der Waals surface area contributed by atoms with Gasteiger partial charge < -0.3 is 4.98 Å². The predicted molar refractivity (Wildman–Crippen MR) is 63.2 cm³/mol. The van der Waals surface area contributed by atoms with Crippen LogP contribution in [0.25, 0.3) is 21.5 Å². The number of hydrogen-bond donors (Lipinski definition) is 1. The number of nitrogens with one attached hydrogen (secondary N) is 1. The minimum absolute atomic E-state index is 1.21. The average Bonchev–Trinajstić information content (AvgIpc) is 2.80. The summed E-state index contributed by atoms with van der Waals surface area (Å²) in [4.78, 5) is 3.23. The summed E-state index contributed by atoms with van der Waals surface area (Å²) in [7, 11) is 0. The number of hydrogen-bond acceptors (Lipinski definition) is 0. The highest BCUT2D eigenvalue weighted by atomic mass is 14.6. The zero-order valence-corrected chi connectivity index (χ0v) is 8.38. The van der Waals surface area contributed by atoms with Crippen molar-refractivity contribution in [3.05, 3.63) is 47.8 Å². The van der Waals surface area contributed by atoms with E-state index in [1.54, 1.807) is 0 Å². The number of aromatic nitrogens is 1. The van der Waals surface area contributed by atoms with Crippen LogP contribution in [0.4, 0.5) is 0 Å². The SMILES string of the molecule is c1ccc2c3c4c[nH]cc4c(c2c1)CC3. The molecule has 0 fully saturated rings. The summed E-state index contributed by atoms with van der Waals surface area (Å²) in [5.74, 6) is 0. The van der Waals surface area contributed by atoms with Crippen molar-refractivity contribution in [2.75, 3.05) is 0 Å². The van der Waals surface area contributed by atoms with E-state index in [1.807, 2.05) is 0 Å². The van der Waals surface area contributed by atoms with Crippen LogP contribution in [0.3, 0.4) is 0 Å². The maximum atomic E-state index is 3.23. The summed E-state index contributed by atoms with van der Waals surface area (Å²) >= 11 is 0. The van der Waals surface area contributed by atoms with Gasteiger partial charge in [-0.15, -0.1) is 0 Å². The molecule has 2 bridgehead atoms. The average molecular weight is 193 g/mol. The van der Waals surface area contributed by atoms with Crippen LogP contribution in [-0.4, -0.2) is 4.98 Å². The molecule has 2 aliphatic carbocycles. The smallest absolute Gasteiger partial charge is 0.00874 e. The third-order valence-corrected chi connectivity index (χ3v) is 3.60. The van der Waals surface area contributed by atoms with Gasteiger partial charge in [0.25, 0.3) is 0 Å². The number of benzene rings is 2. The van der Waals surface area contributed by atoms with Crippen LogP contribution in [-0.2, 0) is 12.8 Å². The Balaban J connectivity index is 2.42. The number of aromatic amines is 1. The maximum Gasteiger partial charge on any atom is 0.00874 e. The zero-order chi connectivity index (χ0) is 9.83. The Hall–Kier alpha value is -1.76. The van der Waals surface area contributed by atoms with Crippen molar-refractivity contribution in [1.82, 2.24) is 4.98 Å². The second-order valence-corrected chi connectivity index (χ2v) is 4.29. The van der Waals surface area contributed by atoms with E-state index in [0.717, 1.165) is 0 Å². The van der Waals surface area contributed by atoms with Crippen LogP contribution >= 0.6 is 0 Å². The van der Waals surface area contributed by atoms with E-state index < -0.39 is 0 Å². The molecule has 0 saturated carbocycles. The van der Waals surface area contributed by atoms with Crippen LogP contribution in [0.5, 0.6) is 0 Å². The molecule has 0 atom stereocenters. The lowest BCUT2D eigenvalue weighted by molar-refractivity contribution is 0.974. The Morgan fingerprint density at radius 1 is 0.733 bits per heavy atom. The van der Waals surface area contributed by atoms with Gasteiger partial charge in [-0.05, 0) is 34.7 Å². The molecule has 1 aromatic heterocycles. The third kappa shape index (κ3) is 0.793. The van der Waals surface area contributed by atoms with Gasteiger partial charge in [0.2, 0.25) is 0 Å². The molecule has 1 nitrogen and oxygen atoms in total. The quantitative estimate of drug-likeness (QED) is 0.563. The largest absolute Gasteiger partial charge is 0.366 e. The standard InChI is InChI=1S/C14H11N/c1-2-4-10-9(3-1)11-5-6-12(10)14-8-15-7-13(11)14/h1-4,7-8,15H,5-6H2. The van der Waals surface area contributed by atoms with Crippen LogP contribution < -0.4 is 0 Å². The lowest BCUT2D eigenvalue weighted by atomic mass is 9.84. The highest BCUT2D eigenvalue weighted by Gasteiger charge is 2.18. The lowest BCUT2D eigenvalue weighted by Gasteiger charge is -2.19. The van der Waals surface area contributed by atoms with E-state index in [1.165, 1.54) is 45.5 Å². The fourth-order valence-corrected chi connectivity index (χ4v) is 2.95. The Morgan fingerprint density at radius 3 is 1.80 bits per heavy atom. The van der Waals surface area contributed by atoms with Crippen molar-refractivity contribution in [3.63, 3.8) is 0 Å². The fourth-order valence-electron chi connectivity index (χ4n) is 2.95. The minimum Gasteiger partial charge on any atom is -0.366 e. The molecule has 2 aromatic carbocycles. The first-order valence-electron chi connectivity index (χ1n) is 5.44. The monoisotopic (exact) mass is 193 g/mol. The molecular weight excluding hydrogens is 182 g/mol. The number of H-pyrrole nitrogens is 1. The van der Waals surface area contributed by atoms with Gasteiger partial charge in [-0.3, -0.25) is 0 Å². The molecule has 5 rings (SSSR count). The molecule has 1 heterocycles. The van der Waals surface area contributed by atoms with Gasteiger partial charge in [-0.1, -0.05) is 24.3 Å². The molecule has 0 amide bonds. The second-order valence-electron chi connectivity index (χ2n) is 4.29. The van der Waals surface area contributed by atoms with Gasteiger partial charge >= 0.3 is 0 Å². The Labute approximate surface area is 87.7 Å². The van der Waals surface area contributed by atoms with Crippen molar-refractivity contribution >= 4 is 21.5 Å². The number of rotatable bonds is 0. The number of aryl methyl sites for hydroxylation is 2. The normalized spacial score (nSPS) is 14.1. The zero-order valence-electron chi connectivity index (χ0n) is 8.38. The Bertz CT molecular complexity index is 619. The predicted octanol–water partition coefficient (Wildman–Crippen LogP) is 3.42. The van der Waals surface area contributed by atoms with E-state index in [2.05, 4.69) is 41.6 Å². The molecule has 1 N–H and O–H groups in total. The molecule has 0 radical (unpaired) electrons. The molecule has 72 valence electrons. The summed E-state index contributed by atoms with van der Waals surface area (Å²) in [6.45, 7) is 0. The van der Waals surface area contributed by atoms with Gasteiger partial charge in [0.1, 0.15) is 0 Å². The Kier molecular flexibility index (Phi) is 1.22. The first kappa shape index (κ1) is 7.52. The molecule has 1 heteroatoms. The molecule has 0 aliphatic heterocycles. The van der Waals surface area contributed by atoms with Crippen LogP contribution in [0, 0.1) is 0 Å². The highest BCUT2D eigenvalue weighted by Crippen LogP contribution is 2.38. The third-order valence-electron chi connectivity index (χ3n) is 3.60. The molecular formula is C14H11N. The van der Waals surface area contributed by atoms with Gasteiger partial charge in [-0.25, -0.2) is 0 Å². The van der Waals surface area contributed by atoms with Crippen LogP contribution in [0.15, 0.2) is 36.7 Å². The summed E-state index contributed by atoms with van der Waals surface area (Å²) in [6, 6.07) is 8.78. The summed E-state index contributed by atoms with van der Waals surface area (Å²) in [5.41, 5.74) is 3.05. The van der Waals surface area contributed by atoms with Crippen molar-refractivity contribution in [2.24, 2.45) is 0 Å². The molecule has 0 unspecified atom stereocenters. The van der Waals surface area contributed by atoms with Gasteiger partial charge in [0, 0.05) is 23.2 Å². The van der Waals surface area contributed by atoms with Gasteiger partial charge in [-0.2, -0.15) is 0 Å².